The van der Waals surface area contributed by atoms with Gasteiger partial charge in [-0.3, -0.25) is 0 Å². The molecule has 1 aliphatic rings. The van der Waals surface area contributed by atoms with Gasteiger partial charge < -0.3 is 12.9 Å². The Kier molecular flexibility index (Phi) is 2.76. The van der Waals surface area contributed by atoms with Crippen LogP contribution in [0.5, 0.6) is 0 Å². The Morgan fingerprint density at radius 1 is 0.933 bits per heavy atom. The molecule has 4 heteroatoms. The Bertz CT molecular complexity index is 323. The maximum atomic E-state index is 12.4. The average Bonchev–Trinajstić information content (AvgIpc) is 2.69. The van der Waals surface area contributed by atoms with Crippen LogP contribution in [0.2, 0.25) is 0 Å². The Hall–Kier alpha value is -0.925. The second kappa shape index (κ2) is 3.91. The molecule has 0 aliphatic heterocycles. The van der Waals surface area contributed by atoms with Gasteiger partial charge in [-0.25, -0.2) is 0 Å². The molecule has 0 heterocycles. The van der Waals surface area contributed by atoms with E-state index in [1.807, 2.05) is 0 Å². The number of hydrogen-bond donors (Lipinski definition) is 0. The first-order valence-corrected chi connectivity index (χ1v) is 5.37. The van der Waals surface area contributed by atoms with Crippen molar-refractivity contribution in [3.05, 3.63) is 29.8 Å². The van der Waals surface area contributed by atoms with Gasteiger partial charge in [0.2, 0.25) is 0 Å². The summed E-state index contributed by atoms with van der Waals surface area (Å²) in [6.07, 6.45) is 4.65. The third-order valence-corrected chi connectivity index (χ3v) is 3.14. The molecule has 1 aromatic rings. The smallest absolute Gasteiger partial charge is 0.445 e. The minimum Gasteiger partial charge on any atom is -0.445 e. The summed E-state index contributed by atoms with van der Waals surface area (Å²) in [5, 5.41) is 0. The molecule has 0 nitrogen and oxygen atoms in total. The molecule has 0 amide bonds. The van der Waals surface area contributed by atoms with E-state index in [0.717, 1.165) is 18.4 Å². The van der Waals surface area contributed by atoms with Gasteiger partial charge in [-0.05, 0) is 24.3 Å². The second-order valence-electron chi connectivity index (χ2n) is 4.22. The topological polar surface area (TPSA) is 0 Å². The van der Waals surface area contributed by atoms with Crippen LogP contribution in [0.15, 0.2) is 24.3 Å². The fraction of sp³-hybridized carbons (Fsp3) is 0.455. The monoisotopic (exact) mass is 213 g/mol. The molecule has 1 aliphatic carbocycles. The van der Waals surface area contributed by atoms with Crippen LogP contribution >= 0.6 is 0 Å². The molecular weight excluding hydrogens is 200 g/mol. The molecular formula is C11H13BF3-. The summed E-state index contributed by atoms with van der Waals surface area (Å²) >= 11 is 0. The molecule has 0 aromatic heterocycles. The van der Waals surface area contributed by atoms with Gasteiger partial charge in [-0.1, -0.05) is 37.1 Å². The van der Waals surface area contributed by atoms with Gasteiger partial charge in [0.05, 0.1) is 0 Å². The largest absolute Gasteiger partial charge is 0.509 e. The van der Waals surface area contributed by atoms with E-state index >= 15 is 0 Å². The fourth-order valence-electron chi connectivity index (χ4n) is 2.25. The zero-order valence-electron chi connectivity index (χ0n) is 8.43. The second-order valence-corrected chi connectivity index (χ2v) is 4.22. The number of benzene rings is 1. The molecule has 1 saturated carbocycles. The standard InChI is InChI=1S/C11H13BF3/c13-12(14,15)11-7-5-10(6-8-11)9-3-1-2-4-9/h5-9H,1-4H2/q-1. The third kappa shape index (κ3) is 2.36. The SMILES string of the molecule is F[B-](F)(F)c1ccc(C2CCCC2)cc1. The van der Waals surface area contributed by atoms with Gasteiger partial charge in [-0.2, -0.15) is 0 Å². The first kappa shape index (κ1) is 10.6. The predicted octanol–water partition coefficient (Wildman–Crippen LogP) is 3.40. The number of rotatable bonds is 2. The molecule has 0 atom stereocenters. The van der Waals surface area contributed by atoms with E-state index < -0.39 is 12.4 Å². The summed E-state index contributed by atoms with van der Waals surface area (Å²) in [5.74, 6) is 0.486. The van der Waals surface area contributed by atoms with Crippen molar-refractivity contribution < 1.29 is 12.9 Å². The van der Waals surface area contributed by atoms with Crippen molar-refractivity contribution in [1.82, 2.24) is 0 Å². The molecule has 1 aromatic carbocycles. The maximum Gasteiger partial charge on any atom is 0.509 e. The lowest BCUT2D eigenvalue weighted by molar-refractivity contribution is 0.501. The van der Waals surface area contributed by atoms with Gasteiger partial charge >= 0.3 is 6.98 Å². The molecule has 0 radical (unpaired) electrons. The van der Waals surface area contributed by atoms with Gasteiger partial charge in [-0.15, -0.1) is 5.46 Å². The van der Waals surface area contributed by atoms with Crippen LogP contribution in [-0.2, 0) is 0 Å². The lowest BCUT2D eigenvalue weighted by Crippen LogP contribution is -2.33. The summed E-state index contributed by atoms with van der Waals surface area (Å²) < 4.78 is 37.1. The Morgan fingerprint density at radius 2 is 1.47 bits per heavy atom. The van der Waals surface area contributed by atoms with E-state index in [0.29, 0.717) is 5.92 Å². The quantitative estimate of drug-likeness (QED) is 0.660. The van der Waals surface area contributed by atoms with Crippen molar-refractivity contribution in [3.63, 3.8) is 0 Å². The molecule has 0 bridgehead atoms. The molecule has 1 fully saturated rings. The van der Waals surface area contributed by atoms with Gasteiger partial charge in [0.1, 0.15) is 0 Å². The van der Waals surface area contributed by atoms with Crippen LogP contribution in [0.1, 0.15) is 37.2 Å². The lowest BCUT2D eigenvalue weighted by atomic mass is 9.79. The maximum absolute atomic E-state index is 12.4. The Balaban J connectivity index is 2.16. The number of halogens is 3. The highest BCUT2D eigenvalue weighted by molar-refractivity contribution is 6.73. The van der Waals surface area contributed by atoms with E-state index in [-0.39, 0.29) is 0 Å². The molecule has 0 spiro atoms. The van der Waals surface area contributed by atoms with Crippen molar-refractivity contribution >= 4 is 12.4 Å². The lowest BCUT2D eigenvalue weighted by Gasteiger charge is -2.16. The normalized spacial score (nSPS) is 18.3. The van der Waals surface area contributed by atoms with Gasteiger partial charge in [0, 0.05) is 0 Å². The van der Waals surface area contributed by atoms with E-state index in [1.54, 1.807) is 12.1 Å². The summed E-state index contributed by atoms with van der Waals surface area (Å²) in [4.78, 5) is 0. The summed E-state index contributed by atoms with van der Waals surface area (Å²) in [6.45, 7) is -4.84. The highest BCUT2D eigenvalue weighted by atomic mass is 19.4. The van der Waals surface area contributed by atoms with Crippen molar-refractivity contribution in [1.29, 1.82) is 0 Å². The van der Waals surface area contributed by atoms with E-state index in [2.05, 4.69) is 0 Å². The van der Waals surface area contributed by atoms with E-state index in [1.165, 1.54) is 25.0 Å². The van der Waals surface area contributed by atoms with Crippen molar-refractivity contribution in [2.45, 2.75) is 31.6 Å². The van der Waals surface area contributed by atoms with Crippen LogP contribution < -0.4 is 5.46 Å². The summed E-state index contributed by atoms with van der Waals surface area (Å²) in [7, 11) is 0. The van der Waals surface area contributed by atoms with Gasteiger partial charge in [0.25, 0.3) is 0 Å². The van der Waals surface area contributed by atoms with Crippen molar-refractivity contribution in [3.8, 4) is 0 Å². The van der Waals surface area contributed by atoms with Gasteiger partial charge in [0.15, 0.2) is 0 Å². The van der Waals surface area contributed by atoms with Crippen LogP contribution in [0.4, 0.5) is 12.9 Å². The molecule has 0 saturated heterocycles. The zero-order chi connectivity index (χ0) is 10.9. The predicted molar refractivity (Wildman–Crippen MR) is 56.4 cm³/mol. The average molecular weight is 213 g/mol. The van der Waals surface area contributed by atoms with Crippen LogP contribution in [-0.4, -0.2) is 6.98 Å². The minimum atomic E-state index is -4.84. The summed E-state index contributed by atoms with van der Waals surface area (Å²) in [5.41, 5.74) is 0.577. The minimum absolute atomic E-state index is 0.486. The first-order valence-electron chi connectivity index (χ1n) is 5.37. The summed E-state index contributed by atoms with van der Waals surface area (Å²) in [6, 6.07) is 5.71. The molecule has 2 rings (SSSR count). The highest BCUT2D eigenvalue weighted by Crippen LogP contribution is 2.33. The molecule has 82 valence electrons. The zero-order valence-corrected chi connectivity index (χ0v) is 8.43. The third-order valence-electron chi connectivity index (χ3n) is 3.14. The first-order chi connectivity index (χ1) is 7.07. The van der Waals surface area contributed by atoms with Crippen molar-refractivity contribution in [2.75, 3.05) is 0 Å². The van der Waals surface area contributed by atoms with Crippen LogP contribution in [0.3, 0.4) is 0 Å². The van der Waals surface area contributed by atoms with E-state index in [9.17, 15) is 12.9 Å². The molecule has 15 heavy (non-hydrogen) atoms. The Labute approximate surface area is 87.6 Å². The van der Waals surface area contributed by atoms with Crippen molar-refractivity contribution in [2.24, 2.45) is 0 Å². The Morgan fingerprint density at radius 3 is 1.93 bits per heavy atom. The molecule has 0 unspecified atom stereocenters. The van der Waals surface area contributed by atoms with E-state index in [4.69, 9.17) is 0 Å². The highest BCUT2D eigenvalue weighted by Gasteiger charge is 2.25. The molecule has 0 N–H and O–H groups in total. The fourth-order valence-corrected chi connectivity index (χ4v) is 2.25. The van der Waals surface area contributed by atoms with Crippen LogP contribution in [0, 0.1) is 0 Å². The van der Waals surface area contributed by atoms with Crippen LogP contribution in [0.25, 0.3) is 0 Å². The number of hydrogen-bond acceptors (Lipinski definition) is 0.